The number of anilines is 2. The fourth-order valence-electron chi connectivity index (χ4n) is 1.67. The summed E-state index contributed by atoms with van der Waals surface area (Å²) in [5.74, 6) is 0.974. The second kappa shape index (κ2) is 6.70. The van der Waals surface area contributed by atoms with Gasteiger partial charge in [-0.25, -0.2) is 4.98 Å². The maximum Gasteiger partial charge on any atom is 0.256 e. The Morgan fingerprint density at radius 1 is 1.15 bits per heavy atom. The number of amides is 1. The van der Waals surface area contributed by atoms with Crippen LogP contribution < -0.4 is 10.6 Å². The Hall–Kier alpha value is -2.36. The van der Waals surface area contributed by atoms with Gasteiger partial charge in [0, 0.05) is 12.1 Å². The predicted molar refractivity (Wildman–Crippen MR) is 82.0 cm³/mol. The van der Waals surface area contributed by atoms with Crippen molar-refractivity contribution in [1.82, 2.24) is 4.98 Å². The highest BCUT2D eigenvalue weighted by Gasteiger charge is 2.05. The summed E-state index contributed by atoms with van der Waals surface area (Å²) in [6.45, 7) is 5.20. The molecular formula is C16H19N3O. The summed E-state index contributed by atoms with van der Waals surface area (Å²) in [6, 6.07) is 12.8. The number of pyridine rings is 1. The smallest absolute Gasteiger partial charge is 0.256 e. The highest BCUT2D eigenvalue weighted by Crippen LogP contribution is 2.11. The fourth-order valence-corrected chi connectivity index (χ4v) is 1.67. The molecule has 0 atom stereocenters. The quantitative estimate of drug-likeness (QED) is 0.874. The molecule has 0 saturated heterocycles. The molecule has 0 bridgehead atoms. The standard InChI is InChI=1S/C16H19N3O/c1-12(2)10-17-14-8-9-15(18-11-14)19-16(20)13-6-4-3-5-7-13/h3-9,11-12,17H,10H2,1-2H3,(H,18,19,20). The van der Waals surface area contributed by atoms with E-state index < -0.39 is 0 Å². The van der Waals surface area contributed by atoms with Crippen molar-refractivity contribution in [3.05, 3.63) is 54.2 Å². The van der Waals surface area contributed by atoms with E-state index in [-0.39, 0.29) is 5.91 Å². The SMILES string of the molecule is CC(C)CNc1ccc(NC(=O)c2ccccc2)nc1. The summed E-state index contributed by atoms with van der Waals surface area (Å²) >= 11 is 0. The molecule has 0 unspecified atom stereocenters. The molecule has 104 valence electrons. The molecule has 1 heterocycles. The van der Waals surface area contributed by atoms with Crippen LogP contribution in [0.15, 0.2) is 48.7 Å². The molecule has 2 aromatic rings. The highest BCUT2D eigenvalue weighted by atomic mass is 16.1. The van der Waals surface area contributed by atoms with Crippen LogP contribution in [0.3, 0.4) is 0 Å². The zero-order valence-electron chi connectivity index (χ0n) is 11.8. The summed E-state index contributed by atoms with van der Waals surface area (Å²) in [5.41, 5.74) is 1.58. The summed E-state index contributed by atoms with van der Waals surface area (Å²) in [7, 11) is 0. The van der Waals surface area contributed by atoms with Crippen molar-refractivity contribution in [3.8, 4) is 0 Å². The number of benzene rings is 1. The van der Waals surface area contributed by atoms with E-state index in [0.717, 1.165) is 12.2 Å². The van der Waals surface area contributed by atoms with E-state index in [9.17, 15) is 4.79 Å². The molecule has 1 aromatic heterocycles. The van der Waals surface area contributed by atoms with Gasteiger partial charge in [-0.3, -0.25) is 4.79 Å². The minimum Gasteiger partial charge on any atom is -0.384 e. The molecule has 0 fully saturated rings. The van der Waals surface area contributed by atoms with Crippen LogP contribution in [0.2, 0.25) is 0 Å². The lowest BCUT2D eigenvalue weighted by Crippen LogP contribution is -2.13. The van der Waals surface area contributed by atoms with Crippen molar-refractivity contribution in [1.29, 1.82) is 0 Å². The molecule has 0 aliphatic heterocycles. The summed E-state index contributed by atoms with van der Waals surface area (Å²) in [6.07, 6.45) is 1.73. The Labute approximate surface area is 119 Å². The topological polar surface area (TPSA) is 54.0 Å². The van der Waals surface area contributed by atoms with E-state index in [1.54, 1.807) is 24.4 Å². The van der Waals surface area contributed by atoms with Gasteiger partial charge in [0.05, 0.1) is 11.9 Å². The number of nitrogens with zero attached hydrogens (tertiary/aromatic N) is 1. The van der Waals surface area contributed by atoms with Crippen LogP contribution in [0.4, 0.5) is 11.5 Å². The first-order valence-electron chi connectivity index (χ1n) is 6.71. The summed E-state index contributed by atoms with van der Waals surface area (Å²) in [4.78, 5) is 16.2. The molecule has 4 heteroatoms. The van der Waals surface area contributed by atoms with Crippen LogP contribution >= 0.6 is 0 Å². The van der Waals surface area contributed by atoms with Gasteiger partial charge < -0.3 is 10.6 Å². The van der Waals surface area contributed by atoms with E-state index in [2.05, 4.69) is 29.5 Å². The summed E-state index contributed by atoms with van der Waals surface area (Å²) in [5, 5.41) is 6.05. The molecule has 20 heavy (non-hydrogen) atoms. The minimum atomic E-state index is -0.152. The largest absolute Gasteiger partial charge is 0.384 e. The van der Waals surface area contributed by atoms with E-state index in [1.807, 2.05) is 24.3 Å². The average molecular weight is 269 g/mol. The van der Waals surface area contributed by atoms with Gasteiger partial charge in [0.25, 0.3) is 5.91 Å². The lowest BCUT2D eigenvalue weighted by Gasteiger charge is -2.09. The number of carbonyl (C=O) groups is 1. The van der Waals surface area contributed by atoms with E-state index >= 15 is 0 Å². The van der Waals surface area contributed by atoms with Gasteiger partial charge >= 0.3 is 0 Å². The third kappa shape index (κ3) is 4.09. The van der Waals surface area contributed by atoms with Crippen molar-refractivity contribution in [2.24, 2.45) is 5.92 Å². The molecule has 2 rings (SSSR count). The maximum atomic E-state index is 11.9. The van der Waals surface area contributed by atoms with Crippen LogP contribution in [0, 0.1) is 5.92 Å². The minimum absolute atomic E-state index is 0.152. The van der Waals surface area contributed by atoms with Crippen LogP contribution in [0.25, 0.3) is 0 Å². The van der Waals surface area contributed by atoms with Gasteiger partial charge in [-0.1, -0.05) is 32.0 Å². The molecule has 1 aromatic carbocycles. The zero-order valence-corrected chi connectivity index (χ0v) is 11.8. The molecule has 0 spiro atoms. The molecule has 0 aliphatic carbocycles. The summed E-state index contributed by atoms with van der Waals surface area (Å²) < 4.78 is 0. The molecular weight excluding hydrogens is 250 g/mol. The first-order chi connectivity index (χ1) is 9.65. The molecule has 0 radical (unpaired) electrons. The van der Waals surface area contributed by atoms with Crippen molar-refractivity contribution in [2.75, 3.05) is 17.2 Å². The van der Waals surface area contributed by atoms with Crippen molar-refractivity contribution >= 4 is 17.4 Å². The van der Waals surface area contributed by atoms with Gasteiger partial charge in [0.15, 0.2) is 0 Å². The molecule has 2 N–H and O–H groups in total. The first kappa shape index (κ1) is 14.1. The molecule has 1 amide bonds. The second-order valence-electron chi connectivity index (χ2n) is 5.03. The number of hydrogen-bond donors (Lipinski definition) is 2. The van der Waals surface area contributed by atoms with Gasteiger partial charge in [0.1, 0.15) is 5.82 Å². The normalized spacial score (nSPS) is 10.3. The highest BCUT2D eigenvalue weighted by molar-refractivity contribution is 6.03. The van der Waals surface area contributed by atoms with Crippen molar-refractivity contribution in [2.45, 2.75) is 13.8 Å². The van der Waals surface area contributed by atoms with Gasteiger partial charge in [-0.05, 0) is 30.2 Å². The Morgan fingerprint density at radius 2 is 1.90 bits per heavy atom. The maximum absolute atomic E-state index is 11.9. The Kier molecular flexibility index (Phi) is 4.71. The van der Waals surface area contributed by atoms with Crippen molar-refractivity contribution < 1.29 is 4.79 Å². The fraction of sp³-hybridized carbons (Fsp3) is 0.250. The van der Waals surface area contributed by atoms with Crippen LogP contribution in [-0.4, -0.2) is 17.4 Å². The third-order valence-corrected chi connectivity index (χ3v) is 2.76. The Balaban J connectivity index is 1.95. The Morgan fingerprint density at radius 3 is 2.50 bits per heavy atom. The average Bonchev–Trinajstić information content (AvgIpc) is 2.47. The lowest BCUT2D eigenvalue weighted by molar-refractivity contribution is 0.102. The van der Waals surface area contributed by atoms with E-state index in [0.29, 0.717) is 17.3 Å². The van der Waals surface area contributed by atoms with Crippen LogP contribution in [0.5, 0.6) is 0 Å². The Bertz CT molecular complexity index is 550. The van der Waals surface area contributed by atoms with Crippen LogP contribution in [-0.2, 0) is 0 Å². The number of rotatable bonds is 5. The molecule has 4 nitrogen and oxygen atoms in total. The van der Waals surface area contributed by atoms with Crippen molar-refractivity contribution in [3.63, 3.8) is 0 Å². The third-order valence-electron chi connectivity index (χ3n) is 2.76. The van der Waals surface area contributed by atoms with Crippen LogP contribution in [0.1, 0.15) is 24.2 Å². The lowest BCUT2D eigenvalue weighted by atomic mass is 10.2. The number of aromatic nitrogens is 1. The van der Waals surface area contributed by atoms with E-state index in [1.165, 1.54) is 0 Å². The monoisotopic (exact) mass is 269 g/mol. The number of nitrogens with one attached hydrogen (secondary N) is 2. The first-order valence-corrected chi connectivity index (χ1v) is 6.71. The molecule has 0 aliphatic rings. The number of carbonyl (C=O) groups excluding carboxylic acids is 1. The number of hydrogen-bond acceptors (Lipinski definition) is 3. The molecule has 0 saturated carbocycles. The van der Waals surface area contributed by atoms with Gasteiger partial charge in [-0.2, -0.15) is 0 Å². The van der Waals surface area contributed by atoms with E-state index in [4.69, 9.17) is 0 Å². The zero-order chi connectivity index (χ0) is 14.4. The van der Waals surface area contributed by atoms with Gasteiger partial charge in [0.2, 0.25) is 0 Å². The second-order valence-corrected chi connectivity index (χ2v) is 5.03. The van der Waals surface area contributed by atoms with Gasteiger partial charge in [-0.15, -0.1) is 0 Å². The predicted octanol–water partition coefficient (Wildman–Crippen LogP) is 3.40.